The molecule has 16 heavy (non-hydrogen) atoms. The maximum atomic E-state index is 3.71. The number of rotatable bonds is 7. The zero-order valence-electron chi connectivity index (χ0n) is 11.2. The molecule has 1 N–H and O–H groups in total. The summed E-state index contributed by atoms with van der Waals surface area (Å²) in [6.07, 6.45) is 5.69. The number of hydrogen-bond donors (Lipinski definition) is 1. The average Bonchev–Trinajstić information content (AvgIpc) is 2.98. The largest absolute Gasteiger partial charge is 0.313 e. The molecule has 0 spiro atoms. The van der Waals surface area contributed by atoms with Gasteiger partial charge in [-0.1, -0.05) is 20.8 Å². The summed E-state index contributed by atoms with van der Waals surface area (Å²) in [6.45, 7) is 10.7. The zero-order valence-corrected chi connectivity index (χ0v) is 11.2. The summed E-state index contributed by atoms with van der Waals surface area (Å²) in [6, 6.07) is 1.75. The highest BCUT2D eigenvalue weighted by Gasteiger charge is 2.31. The Balaban J connectivity index is 1.52. The van der Waals surface area contributed by atoms with Crippen LogP contribution in [0.1, 0.15) is 46.5 Å². The van der Waals surface area contributed by atoms with E-state index in [2.05, 4.69) is 31.0 Å². The van der Waals surface area contributed by atoms with E-state index >= 15 is 0 Å². The van der Waals surface area contributed by atoms with Crippen molar-refractivity contribution in [2.45, 2.75) is 58.5 Å². The van der Waals surface area contributed by atoms with Gasteiger partial charge in [-0.3, -0.25) is 4.90 Å². The molecule has 0 aromatic rings. The molecule has 2 fully saturated rings. The van der Waals surface area contributed by atoms with Gasteiger partial charge in [0, 0.05) is 25.2 Å². The molecule has 0 amide bonds. The second-order valence-electron chi connectivity index (χ2n) is 5.99. The molecule has 2 saturated carbocycles. The summed E-state index contributed by atoms with van der Waals surface area (Å²) < 4.78 is 0. The van der Waals surface area contributed by atoms with Gasteiger partial charge in [0.1, 0.15) is 0 Å². The van der Waals surface area contributed by atoms with Crippen LogP contribution in [0.4, 0.5) is 0 Å². The molecular weight excluding hydrogens is 196 g/mol. The number of nitrogens with zero attached hydrogens (tertiary/aromatic N) is 1. The van der Waals surface area contributed by atoms with Crippen molar-refractivity contribution in [3.63, 3.8) is 0 Å². The van der Waals surface area contributed by atoms with Crippen LogP contribution in [-0.4, -0.2) is 36.6 Å². The molecule has 2 nitrogen and oxygen atoms in total. The van der Waals surface area contributed by atoms with Crippen molar-refractivity contribution in [3.05, 3.63) is 0 Å². The van der Waals surface area contributed by atoms with Crippen LogP contribution in [0.25, 0.3) is 0 Å². The van der Waals surface area contributed by atoms with Crippen molar-refractivity contribution in [2.24, 2.45) is 11.8 Å². The first kappa shape index (κ1) is 12.4. The van der Waals surface area contributed by atoms with Gasteiger partial charge >= 0.3 is 0 Å². The summed E-state index contributed by atoms with van der Waals surface area (Å²) in [5, 5.41) is 3.71. The fraction of sp³-hybridized carbons (Fsp3) is 1.00. The molecule has 0 aliphatic heterocycles. The van der Waals surface area contributed by atoms with E-state index in [9.17, 15) is 0 Å². The Morgan fingerprint density at radius 2 is 1.94 bits per heavy atom. The van der Waals surface area contributed by atoms with E-state index in [1.807, 2.05) is 0 Å². The third kappa shape index (κ3) is 3.21. The summed E-state index contributed by atoms with van der Waals surface area (Å²) in [5.41, 5.74) is 0. The Morgan fingerprint density at radius 1 is 1.25 bits per heavy atom. The van der Waals surface area contributed by atoms with Crippen LogP contribution < -0.4 is 5.32 Å². The molecule has 0 atom stereocenters. The monoisotopic (exact) mass is 224 g/mol. The predicted molar refractivity (Wildman–Crippen MR) is 69.6 cm³/mol. The number of likely N-dealkylation sites (N-methyl/N-ethyl adjacent to an activating group) is 1. The molecule has 2 rings (SSSR count). The molecule has 94 valence electrons. The van der Waals surface area contributed by atoms with Crippen molar-refractivity contribution in [2.75, 3.05) is 19.6 Å². The average molecular weight is 224 g/mol. The lowest BCUT2D eigenvalue weighted by atomic mass is 9.74. The van der Waals surface area contributed by atoms with Gasteiger partial charge in [-0.15, -0.1) is 0 Å². The first-order valence-electron chi connectivity index (χ1n) is 7.18. The van der Waals surface area contributed by atoms with Gasteiger partial charge in [-0.05, 0) is 44.1 Å². The molecule has 2 heteroatoms. The second-order valence-corrected chi connectivity index (χ2v) is 5.99. The van der Waals surface area contributed by atoms with Crippen molar-refractivity contribution < 1.29 is 0 Å². The van der Waals surface area contributed by atoms with Crippen LogP contribution >= 0.6 is 0 Å². The summed E-state index contributed by atoms with van der Waals surface area (Å²) >= 11 is 0. The lowest BCUT2D eigenvalue weighted by Crippen LogP contribution is -2.45. The smallest absolute Gasteiger partial charge is 0.0110 e. The van der Waals surface area contributed by atoms with Crippen LogP contribution in [0.3, 0.4) is 0 Å². The van der Waals surface area contributed by atoms with E-state index in [0.29, 0.717) is 0 Å². The molecule has 0 unspecified atom stereocenters. The lowest BCUT2D eigenvalue weighted by molar-refractivity contribution is 0.162. The standard InChI is InChI=1S/C14H28N2/c1-4-16(14-5-6-14)8-7-15-13-9-12(10-13)11(2)3/h11-15H,4-10H2,1-3H3. The fourth-order valence-corrected chi connectivity index (χ4v) is 2.82. The van der Waals surface area contributed by atoms with Gasteiger partial charge < -0.3 is 5.32 Å². The van der Waals surface area contributed by atoms with Gasteiger partial charge in [0.05, 0.1) is 0 Å². The highest BCUT2D eigenvalue weighted by Crippen LogP contribution is 2.33. The van der Waals surface area contributed by atoms with E-state index in [0.717, 1.165) is 23.9 Å². The molecule has 0 aromatic carbocycles. The van der Waals surface area contributed by atoms with E-state index in [1.165, 1.54) is 45.3 Å². The molecule has 2 aliphatic carbocycles. The number of hydrogen-bond acceptors (Lipinski definition) is 2. The van der Waals surface area contributed by atoms with Crippen molar-refractivity contribution >= 4 is 0 Å². The van der Waals surface area contributed by atoms with Gasteiger partial charge in [-0.2, -0.15) is 0 Å². The Labute approximate surface area is 101 Å². The van der Waals surface area contributed by atoms with E-state index in [4.69, 9.17) is 0 Å². The van der Waals surface area contributed by atoms with Crippen molar-refractivity contribution in [3.8, 4) is 0 Å². The summed E-state index contributed by atoms with van der Waals surface area (Å²) in [5.74, 6) is 1.87. The Morgan fingerprint density at radius 3 is 2.44 bits per heavy atom. The van der Waals surface area contributed by atoms with Crippen LogP contribution in [0.15, 0.2) is 0 Å². The van der Waals surface area contributed by atoms with Gasteiger partial charge in [-0.25, -0.2) is 0 Å². The van der Waals surface area contributed by atoms with Crippen LogP contribution in [-0.2, 0) is 0 Å². The van der Waals surface area contributed by atoms with E-state index in [1.54, 1.807) is 0 Å². The molecule has 0 aromatic heterocycles. The maximum Gasteiger partial charge on any atom is 0.0110 e. The second kappa shape index (κ2) is 5.50. The van der Waals surface area contributed by atoms with Crippen LogP contribution in [0.2, 0.25) is 0 Å². The summed E-state index contributed by atoms with van der Waals surface area (Å²) in [4.78, 5) is 2.63. The van der Waals surface area contributed by atoms with Gasteiger partial charge in [0.2, 0.25) is 0 Å². The summed E-state index contributed by atoms with van der Waals surface area (Å²) in [7, 11) is 0. The van der Waals surface area contributed by atoms with Crippen LogP contribution in [0.5, 0.6) is 0 Å². The fourth-order valence-electron chi connectivity index (χ4n) is 2.82. The zero-order chi connectivity index (χ0) is 11.5. The van der Waals surface area contributed by atoms with E-state index in [-0.39, 0.29) is 0 Å². The van der Waals surface area contributed by atoms with Gasteiger partial charge in [0.25, 0.3) is 0 Å². The minimum atomic E-state index is 0.824. The third-order valence-electron chi connectivity index (χ3n) is 4.42. The normalized spacial score (nSPS) is 29.8. The highest BCUT2D eigenvalue weighted by molar-refractivity contribution is 4.88. The molecule has 2 aliphatic rings. The third-order valence-corrected chi connectivity index (χ3v) is 4.42. The van der Waals surface area contributed by atoms with Crippen molar-refractivity contribution in [1.82, 2.24) is 10.2 Å². The first-order valence-corrected chi connectivity index (χ1v) is 7.18. The maximum absolute atomic E-state index is 3.71. The molecule has 0 radical (unpaired) electrons. The van der Waals surface area contributed by atoms with E-state index < -0.39 is 0 Å². The predicted octanol–water partition coefficient (Wildman–Crippen LogP) is 2.49. The topological polar surface area (TPSA) is 15.3 Å². The molecule has 0 saturated heterocycles. The lowest BCUT2D eigenvalue weighted by Gasteiger charge is -2.39. The minimum Gasteiger partial charge on any atom is -0.313 e. The minimum absolute atomic E-state index is 0.824. The SMILES string of the molecule is CCN(CCNC1CC(C(C)C)C1)C1CC1. The Hall–Kier alpha value is -0.0800. The quantitative estimate of drug-likeness (QED) is 0.715. The first-order chi connectivity index (χ1) is 7.70. The van der Waals surface area contributed by atoms with Crippen LogP contribution in [0, 0.1) is 11.8 Å². The molecule has 0 heterocycles. The Kier molecular flexibility index (Phi) is 4.26. The number of nitrogens with one attached hydrogen (secondary N) is 1. The Bertz CT molecular complexity index is 205. The highest BCUT2D eigenvalue weighted by atomic mass is 15.2. The van der Waals surface area contributed by atoms with Gasteiger partial charge in [0.15, 0.2) is 0 Å². The molecular formula is C14H28N2. The molecule has 0 bridgehead atoms. The van der Waals surface area contributed by atoms with Crippen molar-refractivity contribution in [1.29, 1.82) is 0 Å².